The smallest absolute Gasteiger partial charge is 0.191 e. The average molecular weight is 524 g/mol. The Labute approximate surface area is 218 Å². The van der Waals surface area contributed by atoms with Gasteiger partial charge in [0.25, 0.3) is 0 Å². The zero-order valence-corrected chi connectivity index (χ0v) is 22.2. The molecule has 1 saturated heterocycles. The molecule has 0 radical (unpaired) electrons. The molecule has 0 amide bonds. The third kappa shape index (κ3) is 4.81. The van der Waals surface area contributed by atoms with Gasteiger partial charge in [-0.1, -0.05) is 18.9 Å². The van der Waals surface area contributed by atoms with Crippen molar-refractivity contribution in [3.63, 3.8) is 0 Å². The summed E-state index contributed by atoms with van der Waals surface area (Å²) in [5.41, 5.74) is 3.56. The van der Waals surface area contributed by atoms with Crippen LogP contribution in [0.4, 0.5) is 21.2 Å². The van der Waals surface area contributed by atoms with E-state index in [0.717, 1.165) is 77.8 Å². The molecule has 1 aromatic carbocycles. The molecule has 6 rings (SSSR count). The fourth-order valence-electron chi connectivity index (χ4n) is 4.56. The Balaban J connectivity index is 1.24. The van der Waals surface area contributed by atoms with Crippen molar-refractivity contribution in [2.24, 2.45) is 0 Å². The molecule has 1 N–H and O–H groups in total. The van der Waals surface area contributed by atoms with Crippen LogP contribution in [-0.4, -0.2) is 51.0 Å². The van der Waals surface area contributed by atoms with E-state index in [2.05, 4.69) is 33.6 Å². The van der Waals surface area contributed by atoms with Crippen LogP contribution in [0.15, 0.2) is 41.8 Å². The number of aryl methyl sites for hydroxylation is 1. The summed E-state index contributed by atoms with van der Waals surface area (Å²) in [6.07, 6.45) is 5.77. The number of piperidine rings is 1. The van der Waals surface area contributed by atoms with Crippen molar-refractivity contribution >= 4 is 45.7 Å². The molecule has 1 saturated carbocycles. The lowest BCUT2D eigenvalue weighted by Crippen LogP contribution is -2.36. The van der Waals surface area contributed by atoms with Gasteiger partial charge in [0.05, 0.1) is 11.4 Å². The van der Waals surface area contributed by atoms with Gasteiger partial charge in [0.2, 0.25) is 0 Å². The first-order valence-corrected chi connectivity index (χ1v) is 14.3. The number of thiazole rings is 1. The summed E-state index contributed by atoms with van der Waals surface area (Å²) in [6, 6.07) is 11.4. The van der Waals surface area contributed by atoms with E-state index in [1.165, 1.54) is 25.0 Å². The van der Waals surface area contributed by atoms with Crippen molar-refractivity contribution in [2.75, 3.05) is 29.9 Å². The van der Waals surface area contributed by atoms with Gasteiger partial charge in [-0.05, 0) is 68.5 Å². The van der Waals surface area contributed by atoms with E-state index in [0.29, 0.717) is 5.25 Å². The quantitative estimate of drug-likeness (QED) is 0.298. The number of nitrogens with zero attached hydrogens (tertiary/aromatic N) is 6. The average Bonchev–Trinajstić information content (AvgIpc) is 3.47. The Morgan fingerprint density at radius 2 is 1.86 bits per heavy atom. The zero-order chi connectivity index (χ0) is 24.6. The van der Waals surface area contributed by atoms with Crippen LogP contribution in [0, 0.1) is 5.82 Å². The lowest BCUT2D eigenvalue weighted by Gasteiger charge is -2.32. The number of halogens is 1. The van der Waals surface area contributed by atoms with E-state index in [4.69, 9.17) is 15.1 Å². The number of nitrogens with one attached hydrogen (secondary N) is 1. The molecule has 7 nitrogen and oxygen atoms in total. The third-order valence-corrected chi connectivity index (χ3v) is 9.02. The predicted molar refractivity (Wildman–Crippen MR) is 147 cm³/mol. The van der Waals surface area contributed by atoms with Crippen LogP contribution in [0.1, 0.15) is 38.3 Å². The molecular formula is C26H30FN7S2. The second-order valence-electron chi connectivity index (χ2n) is 9.47. The Morgan fingerprint density at radius 3 is 2.58 bits per heavy atom. The van der Waals surface area contributed by atoms with Gasteiger partial charge in [-0.25, -0.2) is 14.4 Å². The molecule has 4 heterocycles. The highest BCUT2D eigenvalue weighted by Gasteiger charge is 2.26. The number of fused-ring (bicyclic) bond motifs is 1. The maximum Gasteiger partial charge on any atom is 0.191 e. The molecule has 2 aliphatic rings. The van der Waals surface area contributed by atoms with E-state index in [1.54, 1.807) is 23.5 Å². The Kier molecular flexibility index (Phi) is 6.57. The molecule has 10 heteroatoms. The highest BCUT2D eigenvalue weighted by molar-refractivity contribution is 7.98. The molecule has 0 unspecified atom stereocenters. The second-order valence-corrected chi connectivity index (χ2v) is 11.4. The summed E-state index contributed by atoms with van der Waals surface area (Å²) in [5, 5.41) is 8.58. The van der Waals surface area contributed by atoms with Gasteiger partial charge >= 0.3 is 0 Å². The fraction of sp³-hybridized carbons (Fsp3) is 0.423. The summed E-state index contributed by atoms with van der Waals surface area (Å²) in [6.45, 7) is 4.14. The number of imidazole rings is 1. The Morgan fingerprint density at radius 1 is 1.08 bits per heavy atom. The van der Waals surface area contributed by atoms with E-state index in [-0.39, 0.29) is 5.82 Å². The minimum absolute atomic E-state index is 0.246. The Hall–Kier alpha value is -2.69. The zero-order valence-electron chi connectivity index (χ0n) is 20.5. The molecule has 0 bridgehead atoms. The van der Waals surface area contributed by atoms with Crippen LogP contribution in [-0.2, 0) is 6.42 Å². The van der Waals surface area contributed by atoms with Gasteiger partial charge in [-0.2, -0.15) is 4.52 Å². The highest BCUT2D eigenvalue weighted by atomic mass is 32.2. The molecule has 0 spiro atoms. The van der Waals surface area contributed by atoms with Gasteiger partial charge in [0, 0.05) is 42.4 Å². The van der Waals surface area contributed by atoms with Crippen molar-refractivity contribution < 1.29 is 4.39 Å². The van der Waals surface area contributed by atoms with Crippen LogP contribution in [0.2, 0.25) is 0 Å². The maximum atomic E-state index is 13.4. The van der Waals surface area contributed by atoms with Gasteiger partial charge in [0.15, 0.2) is 16.6 Å². The minimum atomic E-state index is -0.246. The summed E-state index contributed by atoms with van der Waals surface area (Å²) in [5.74, 6) is 1.68. The van der Waals surface area contributed by atoms with Crippen LogP contribution >= 0.6 is 23.3 Å². The van der Waals surface area contributed by atoms with Crippen molar-refractivity contribution in [2.45, 2.75) is 50.3 Å². The topological polar surface area (TPSA) is 61.6 Å². The highest BCUT2D eigenvalue weighted by Crippen LogP contribution is 2.34. The molecule has 3 aromatic heterocycles. The molecule has 36 heavy (non-hydrogen) atoms. The van der Waals surface area contributed by atoms with Crippen molar-refractivity contribution in [1.29, 1.82) is 0 Å². The molecule has 0 atom stereocenters. The molecule has 1 aliphatic carbocycles. The number of benzene rings is 1. The first kappa shape index (κ1) is 23.7. The SMILES string of the molecule is CCc1nc2ccc(N3CCC(SNC4CC4)CC3)nn2c1N(C)c1nc(-c2ccc(F)cc2)cs1. The molecule has 188 valence electrons. The monoisotopic (exact) mass is 523 g/mol. The number of rotatable bonds is 8. The molecule has 2 fully saturated rings. The summed E-state index contributed by atoms with van der Waals surface area (Å²) >= 11 is 3.50. The largest absolute Gasteiger partial charge is 0.355 e. The minimum Gasteiger partial charge on any atom is -0.355 e. The van der Waals surface area contributed by atoms with Gasteiger partial charge in [-0.3, -0.25) is 4.72 Å². The van der Waals surface area contributed by atoms with Crippen molar-refractivity contribution in [3.8, 4) is 11.3 Å². The predicted octanol–water partition coefficient (Wildman–Crippen LogP) is 5.69. The number of anilines is 3. The number of hydrogen-bond donors (Lipinski definition) is 1. The lowest BCUT2D eigenvalue weighted by atomic mass is 10.1. The number of aromatic nitrogens is 4. The first-order chi connectivity index (χ1) is 17.6. The molecule has 1 aliphatic heterocycles. The maximum absolute atomic E-state index is 13.4. The van der Waals surface area contributed by atoms with Crippen LogP contribution in [0.25, 0.3) is 16.9 Å². The van der Waals surface area contributed by atoms with E-state index < -0.39 is 0 Å². The van der Waals surface area contributed by atoms with Crippen molar-refractivity contribution in [3.05, 3.63) is 53.3 Å². The van der Waals surface area contributed by atoms with Gasteiger partial charge in [0.1, 0.15) is 11.6 Å². The lowest BCUT2D eigenvalue weighted by molar-refractivity contribution is 0.580. The van der Waals surface area contributed by atoms with Gasteiger partial charge in [-0.15, -0.1) is 16.4 Å². The van der Waals surface area contributed by atoms with Crippen LogP contribution in [0.5, 0.6) is 0 Å². The standard InChI is InChI=1S/C26H30FN7S2/c1-3-21-25(32(2)26-29-22(16-35-26)17-4-6-18(27)7-5-17)34-23(28-21)10-11-24(30-34)33-14-12-20(13-15-33)36-31-19-8-9-19/h4-7,10-11,16,19-20,31H,3,8-9,12-15H2,1-2H3. The van der Waals surface area contributed by atoms with E-state index >= 15 is 0 Å². The normalized spacial score (nSPS) is 16.7. The van der Waals surface area contributed by atoms with E-state index in [9.17, 15) is 4.39 Å². The summed E-state index contributed by atoms with van der Waals surface area (Å²) < 4.78 is 18.9. The molecule has 4 aromatic rings. The van der Waals surface area contributed by atoms with Crippen LogP contribution < -0.4 is 14.5 Å². The second kappa shape index (κ2) is 9.99. The summed E-state index contributed by atoms with van der Waals surface area (Å²) in [7, 11) is 2.01. The van der Waals surface area contributed by atoms with E-state index in [1.807, 2.05) is 28.9 Å². The first-order valence-electron chi connectivity index (χ1n) is 12.6. The van der Waals surface area contributed by atoms with Crippen LogP contribution in [0.3, 0.4) is 0 Å². The fourth-order valence-corrected chi connectivity index (χ4v) is 6.43. The van der Waals surface area contributed by atoms with Gasteiger partial charge < -0.3 is 9.80 Å². The third-order valence-electron chi connectivity index (χ3n) is 6.83. The van der Waals surface area contributed by atoms with Crippen molar-refractivity contribution in [1.82, 2.24) is 24.3 Å². The molecular weight excluding hydrogens is 493 g/mol. The summed E-state index contributed by atoms with van der Waals surface area (Å²) in [4.78, 5) is 14.2. The number of hydrogen-bond acceptors (Lipinski definition) is 8. The Bertz CT molecular complexity index is 1340.